The predicted molar refractivity (Wildman–Crippen MR) is 377 cm³/mol. The maximum Gasteiger partial charge on any atom is 0.344 e. The van der Waals surface area contributed by atoms with Gasteiger partial charge in [0.05, 0.1) is 41.7 Å². The standard InChI is InChI=1S/C80H78N4O18/c1-53-47-83(71-45-67(101-73(85)51-95-65-23-15-9-16-24-65)69(99-71)49-97-79(55-19-11-7-12-20-55,57-27-35-61(91-3)36-28-57)58-29-37-62(92-4)38-30-58)77(89)81(75(53)87)43-44-82-76(88)54(2)48-84(78(82)90)72-46-68(102-74(86)52-96-66-25-17-10-18-26-66)70(100-72)50-98-80(56-21-13-8-14-22-56,59-31-39-63(93-5)40-32-59)60-33-41-64(94-6)42-34-60/h7-42,47-48,67-72H,43-46,49-52H2,1-6H3/t67-,68-,69+,70+,71+,72+/m0/s1. The van der Waals surface area contributed by atoms with Crippen LogP contribution in [0.15, 0.2) is 250 Å². The van der Waals surface area contributed by atoms with Gasteiger partial charge >= 0.3 is 23.3 Å². The van der Waals surface area contributed by atoms with E-state index in [4.69, 9.17) is 56.8 Å². The fraction of sp³-hybridized carbons (Fsp3) is 0.275. The van der Waals surface area contributed by atoms with Crippen molar-refractivity contribution in [3.05, 3.63) is 317 Å². The maximum atomic E-state index is 15.1. The predicted octanol–water partition coefficient (Wildman–Crippen LogP) is 10.3. The zero-order valence-electron chi connectivity index (χ0n) is 57.2. The lowest BCUT2D eigenvalue weighted by Crippen LogP contribution is -2.46. The Morgan fingerprint density at radius 2 is 0.676 bits per heavy atom. The van der Waals surface area contributed by atoms with Crippen LogP contribution in [0, 0.1) is 13.8 Å². The van der Waals surface area contributed by atoms with Crippen molar-refractivity contribution < 1.29 is 66.4 Å². The molecule has 2 aliphatic heterocycles. The minimum atomic E-state index is -1.34. The van der Waals surface area contributed by atoms with Crippen LogP contribution in [0.2, 0.25) is 0 Å². The Morgan fingerprint density at radius 3 is 0.971 bits per heavy atom. The van der Waals surface area contributed by atoms with Crippen molar-refractivity contribution in [2.24, 2.45) is 0 Å². The van der Waals surface area contributed by atoms with Gasteiger partial charge < -0.3 is 56.8 Å². The zero-order chi connectivity index (χ0) is 71.3. The van der Waals surface area contributed by atoms with E-state index < -0.39 is 109 Å². The minimum absolute atomic E-state index is 0.0892. The van der Waals surface area contributed by atoms with E-state index in [0.29, 0.717) is 34.5 Å². The van der Waals surface area contributed by atoms with Gasteiger partial charge in [0.2, 0.25) is 0 Å². The van der Waals surface area contributed by atoms with Crippen molar-refractivity contribution in [2.75, 3.05) is 54.9 Å². The number of hydrogen-bond donors (Lipinski definition) is 0. The van der Waals surface area contributed by atoms with E-state index in [1.807, 2.05) is 170 Å². The number of nitrogens with zero attached hydrogens (tertiary/aromatic N) is 4. The lowest BCUT2D eigenvalue weighted by Gasteiger charge is -2.37. The van der Waals surface area contributed by atoms with Gasteiger partial charge in [0.1, 0.15) is 82.6 Å². The molecule has 0 unspecified atom stereocenters. The van der Waals surface area contributed by atoms with Crippen LogP contribution in [0.1, 0.15) is 69.8 Å². The molecule has 2 aliphatic rings. The van der Waals surface area contributed by atoms with E-state index in [2.05, 4.69) is 0 Å². The Labute approximate surface area is 588 Å². The Kier molecular flexibility index (Phi) is 22.1. The summed E-state index contributed by atoms with van der Waals surface area (Å²) in [6.07, 6.45) is -3.96. The highest BCUT2D eigenvalue weighted by molar-refractivity contribution is 5.72. The van der Waals surface area contributed by atoms with Gasteiger partial charge in [0, 0.05) is 49.5 Å². The van der Waals surface area contributed by atoms with Crippen LogP contribution in [0.5, 0.6) is 34.5 Å². The number of benzene rings is 8. The minimum Gasteiger partial charge on any atom is -0.497 e. The number of esters is 2. The van der Waals surface area contributed by atoms with E-state index in [0.717, 1.165) is 42.5 Å². The molecule has 0 N–H and O–H groups in total. The number of hydrogen-bond acceptors (Lipinski definition) is 18. The Morgan fingerprint density at radius 1 is 0.392 bits per heavy atom. The molecule has 2 fully saturated rings. The van der Waals surface area contributed by atoms with Crippen LogP contribution >= 0.6 is 0 Å². The van der Waals surface area contributed by atoms with Crippen molar-refractivity contribution in [1.82, 2.24) is 18.3 Å². The van der Waals surface area contributed by atoms with Crippen molar-refractivity contribution >= 4 is 11.9 Å². The van der Waals surface area contributed by atoms with E-state index in [1.54, 1.807) is 77.0 Å². The number of ether oxygens (including phenoxy) is 12. The summed E-state index contributed by atoms with van der Waals surface area (Å²) in [4.78, 5) is 86.6. The molecule has 0 amide bonds. The fourth-order valence-electron chi connectivity index (χ4n) is 13.1. The number of carbonyl (C=O) groups is 2. The number of aryl methyl sites for hydroxylation is 2. The summed E-state index contributed by atoms with van der Waals surface area (Å²) in [5.41, 5.74) is -1.13. The van der Waals surface area contributed by atoms with Gasteiger partial charge in [-0.25, -0.2) is 19.2 Å². The largest absolute Gasteiger partial charge is 0.497 e. The third kappa shape index (κ3) is 15.2. The molecule has 2 aromatic heterocycles. The van der Waals surface area contributed by atoms with Gasteiger partial charge in [0.15, 0.2) is 13.2 Å². The van der Waals surface area contributed by atoms with Crippen LogP contribution < -0.4 is 50.9 Å². The number of aromatic nitrogens is 4. The Bertz CT molecular complexity index is 4330. The Hall–Kier alpha value is -11.3. The van der Waals surface area contributed by atoms with Crippen LogP contribution in [-0.4, -0.2) is 109 Å². The summed E-state index contributed by atoms with van der Waals surface area (Å²) in [6.45, 7) is 0.779. The molecular weight excluding hydrogens is 1300 g/mol. The average Bonchev–Trinajstić information content (AvgIpc) is 1.01. The molecule has 0 aliphatic carbocycles. The number of rotatable bonds is 29. The van der Waals surface area contributed by atoms with Gasteiger partial charge in [-0.05, 0) is 120 Å². The first-order valence-electron chi connectivity index (χ1n) is 33.3. The van der Waals surface area contributed by atoms with Crippen LogP contribution in [0.4, 0.5) is 0 Å². The molecule has 4 heterocycles. The first-order valence-corrected chi connectivity index (χ1v) is 33.3. The van der Waals surface area contributed by atoms with Crippen molar-refractivity contribution in [2.45, 2.75) is 87.9 Å². The van der Waals surface area contributed by atoms with Crippen LogP contribution in [0.3, 0.4) is 0 Å². The summed E-state index contributed by atoms with van der Waals surface area (Å²) in [5, 5.41) is 0. The van der Waals surface area contributed by atoms with E-state index in [-0.39, 0.29) is 37.2 Å². The van der Waals surface area contributed by atoms with Crippen molar-refractivity contribution in [3.8, 4) is 34.5 Å². The fourth-order valence-corrected chi connectivity index (χ4v) is 13.1. The molecule has 0 saturated carbocycles. The number of para-hydroxylation sites is 2. The normalized spacial score (nSPS) is 17.3. The highest BCUT2D eigenvalue weighted by Crippen LogP contribution is 2.45. The van der Waals surface area contributed by atoms with Crippen molar-refractivity contribution in [1.29, 1.82) is 0 Å². The van der Waals surface area contributed by atoms with Gasteiger partial charge in [-0.2, -0.15) is 0 Å². The molecule has 10 aromatic rings. The third-order valence-corrected chi connectivity index (χ3v) is 18.3. The molecule has 102 heavy (non-hydrogen) atoms. The quantitative estimate of drug-likeness (QED) is 0.0313. The van der Waals surface area contributed by atoms with Gasteiger partial charge in [-0.1, -0.05) is 146 Å². The number of methoxy groups -OCH3 is 4. The topological polar surface area (TPSA) is 233 Å². The molecule has 22 nitrogen and oxygen atoms in total. The average molecular weight is 1380 g/mol. The second kappa shape index (κ2) is 31.9. The maximum absolute atomic E-state index is 15.1. The third-order valence-electron chi connectivity index (χ3n) is 18.3. The van der Waals surface area contributed by atoms with E-state index in [1.165, 1.54) is 35.4 Å². The summed E-state index contributed by atoms with van der Waals surface area (Å²) in [5.74, 6) is 1.88. The monoisotopic (exact) mass is 1380 g/mol. The molecule has 0 radical (unpaired) electrons. The van der Waals surface area contributed by atoms with Crippen LogP contribution in [-0.2, 0) is 62.3 Å². The zero-order valence-corrected chi connectivity index (χ0v) is 57.2. The molecule has 8 aromatic carbocycles. The molecule has 12 rings (SSSR count). The first-order chi connectivity index (χ1) is 49.6. The Balaban J connectivity index is 0.849. The lowest BCUT2D eigenvalue weighted by atomic mass is 9.80. The second-order valence-corrected chi connectivity index (χ2v) is 24.5. The summed E-state index contributed by atoms with van der Waals surface area (Å²) in [7, 11) is 6.32. The molecule has 2 saturated heterocycles. The summed E-state index contributed by atoms with van der Waals surface area (Å²) < 4.78 is 78.8. The number of carbonyl (C=O) groups excluding carboxylic acids is 2. The lowest BCUT2D eigenvalue weighted by molar-refractivity contribution is -0.159. The molecule has 0 bridgehead atoms. The van der Waals surface area contributed by atoms with Crippen LogP contribution in [0.25, 0.3) is 0 Å². The summed E-state index contributed by atoms with van der Waals surface area (Å²) in [6, 6.07) is 66.6. The first kappa shape index (κ1) is 70.6. The van der Waals surface area contributed by atoms with Gasteiger partial charge in [-0.15, -0.1) is 0 Å². The second-order valence-electron chi connectivity index (χ2n) is 24.5. The highest BCUT2D eigenvalue weighted by Gasteiger charge is 2.47. The molecular formula is C80H78N4O18. The van der Waals surface area contributed by atoms with E-state index in [9.17, 15) is 19.2 Å². The summed E-state index contributed by atoms with van der Waals surface area (Å²) >= 11 is 0. The molecule has 22 heteroatoms. The van der Waals surface area contributed by atoms with Crippen molar-refractivity contribution in [3.63, 3.8) is 0 Å². The highest BCUT2D eigenvalue weighted by atomic mass is 16.6. The molecule has 6 atom stereocenters. The molecule has 0 spiro atoms. The SMILES string of the molecule is COc1ccc(C(OC[C@H]2O[C@@H](n3cc(C)c(=O)n(CCn4c(=O)c(C)cn([C@H]5C[C@H](OC(=O)COc6ccccc6)[C@@H](COC(c6ccccc6)(c6ccc(OC)cc6)c6ccc(OC)cc6)O5)c4=O)c3=O)C[C@@H]2OC(=O)COc2ccccc2)(c2ccccc2)c2ccc(OC)cc2)cc1. The van der Waals surface area contributed by atoms with Gasteiger partial charge in [0.25, 0.3) is 11.1 Å². The smallest absolute Gasteiger partial charge is 0.344 e. The van der Waals surface area contributed by atoms with Gasteiger partial charge in [-0.3, -0.25) is 27.9 Å². The molecule has 526 valence electrons. The van der Waals surface area contributed by atoms with E-state index >= 15 is 9.59 Å².